The number of hydrogen-bond acceptors (Lipinski definition) is 10. The van der Waals surface area contributed by atoms with Crippen LogP contribution in [0.4, 0.5) is 10.3 Å². The summed E-state index contributed by atoms with van der Waals surface area (Å²) >= 11 is 0. The fourth-order valence-corrected chi connectivity index (χ4v) is 4.22. The van der Waals surface area contributed by atoms with E-state index in [1.807, 2.05) is 0 Å². The Labute approximate surface area is 201 Å². The van der Waals surface area contributed by atoms with Gasteiger partial charge < -0.3 is 9.47 Å². The van der Waals surface area contributed by atoms with Crippen LogP contribution < -0.4 is 14.2 Å². The third-order valence-corrected chi connectivity index (χ3v) is 6.72. The third kappa shape index (κ3) is 4.89. The van der Waals surface area contributed by atoms with E-state index in [2.05, 4.69) is 35.1 Å². The average Bonchev–Trinajstić information content (AvgIpc) is 3.45. The van der Waals surface area contributed by atoms with Crippen LogP contribution in [0.1, 0.15) is 14.2 Å². The van der Waals surface area contributed by atoms with E-state index in [4.69, 9.17) is 9.47 Å². The molecule has 0 unspecified atom stereocenters. The highest BCUT2D eigenvalue weighted by molar-refractivity contribution is 7.93. The van der Waals surface area contributed by atoms with Gasteiger partial charge in [0.05, 0.1) is 38.1 Å². The predicted octanol–water partition coefficient (Wildman–Crippen LogP) is 1.63. The number of aryl methyl sites for hydroxylation is 1. The summed E-state index contributed by atoms with van der Waals surface area (Å²) in [4.78, 5) is 9.00. The van der Waals surface area contributed by atoms with Gasteiger partial charge in [0.1, 0.15) is 23.0 Å². The van der Waals surface area contributed by atoms with Gasteiger partial charge >= 0.3 is 0 Å². The molecule has 0 aliphatic carbocycles. The summed E-state index contributed by atoms with van der Waals surface area (Å²) in [6, 6.07) is 5.10. The molecule has 0 spiro atoms. The van der Waals surface area contributed by atoms with Crippen LogP contribution in [0.25, 0.3) is 17.2 Å². The van der Waals surface area contributed by atoms with Crippen molar-refractivity contribution < 1.29 is 23.7 Å². The van der Waals surface area contributed by atoms with Crippen LogP contribution in [-0.4, -0.2) is 67.6 Å². The first kappa shape index (κ1) is 24.0. The van der Waals surface area contributed by atoms with E-state index >= 15 is 0 Å². The third-order valence-electron chi connectivity index (χ3n) is 5.02. The molecule has 15 heteroatoms. The second kappa shape index (κ2) is 9.61. The smallest absolute Gasteiger partial charge is 0.243 e. The molecule has 186 valence electrons. The molecule has 4 aromatic rings. The molecule has 4 rings (SSSR count). The first-order chi connectivity index (χ1) is 16.7. The second-order valence-corrected chi connectivity index (χ2v) is 9.49. The Morgan fingerprint density at radius 1 is 1.11 bits per heavy atom. The van der Waals surface area contributed by atoms with Gasteiger partial charge in [0.15, 0.2) is 17.3 Å². The number of benzene rings is 1. The maximum atomic E-state index is 13.2. The Balaban J connectivity index is 0.00000361. The molecule has 1 atom stereocenters. The van der Waals surface area contributed by atoms with E-state index in [-0.39, 0.29) is 25.4 Å². The molecule has 0 aliphatic heterocycles. The summed E-state index contributed by atoms with van der Waals surface area (Å²) in [5.41, 5.74) is 0.696. The van der Waals surface area contributed by atoms with Crippen LogP contribution in [0, 0.1) is 5.82 Å². The Morgan fingerprint density at radius 2 is 1.77 bits per heavy atom. The van der Waals surface area contributed by atoms with Gasteiger partial charge in [0.2, 0.25) is 16.0 Å². The zero-order chi connectivity index (χ0) is 25.2. The Morgan fingerprint density at radius 3 is 2.34 bits per heavy atom. The molecule has 0 radical (unpaired) electrons. The molecular formula is C20H24FN9O4S. The van der Waals surface area contributed by atoms with E-state index < -0.39 is 21.1 Å². The summed E-state index contributed by atoms with van der Waals surface area (Å²) in [5.74, 6) is 0.397. The van der Waals surface area contributed by atoms with Crippen LogP contribution in [0.2, 0.25) is 0 Å². The lowest BCUT2D eigenvalue weighted by Crippen LogP contribution is -2.29. The first-order valence-electron chi connectivity index (χ1n) is 10.2. The number of halogens is 1. The van der Waals surface area contributed by atoms with Crippen molar-refractivity contribution in [1.82, 2.24) is 39.7 Å². The quantitative estimate of drug-likeness (QED) is 0.355. The molecule has 0 aliphatic rings. The minimum Gasteiger partial charge on any atom is -0.494 e. The van der Waals surface area contributed by atoms with Crippen LogP contribution >= 0.6 is 0 Å². The van der Waals surface area contributed by atoms with Crippen molar-refractivity contribution in [2.75, 3.05) is 18.9 Å². The molecule has 35 heavy (non-hydrogen) atoms. The van der Waals surface area contributed by atoms with Gasteiger partial charge in [-0.2, -0.15) is 15.0 Å². The second-order valence-electron chi connectivity index (χ2n) is 7.39. The Kier molecular flexibility index (Phi) is 6.59. The SMILES string of the molecule is COc1cccc(OC)c1-n1c(NS(=O)(=O)[C@@H](C)Cc2ncc(F)cn2)nnc1-c1cnn(C)n1.[HH]. The molecule has 0 bridgehead atoms. The van der Waals surface area contributed by atoms with Crippen LogP contribution in [0.3, 0.4) is 0 Å². The number of nitrogens with one attached hydrogen (secondary N) is 1. The highest BCUT2D eigenvalue weighted by Gasteiger charge is 2.29. The van der Waals surface area contributed by atoms with E-state index in [1.165, 1.54) is 36.7 Å². The molecule has 3 heterocycles. The Bertz CT molecular complexity index is 1420. The fraction of sp³-hybridized carbons (Fsp3) is 0.300. The van der Waals surface area contributed by atoms with E-state index in [1.54, 1.807) is 25.2 Å². The summed E-state index contributed by atoms with van der Waals surface area (Å²) in [6.45, 7) is 1.48. The lowest BCUT2D eigenvalue weighted by atomic mass is 10.2. The van der Waals surface area contributed by atoms with E-state index in [0.29, 0.717) is 22.9 Å². The molecular weight excluding hydrogens is 481 g/mol. The maximum Gasteiger partial charge on any atom is 0.243 e. The number of nitrogens with zero attached hydrogens (tertiary/aromatic N) is 8. The predicted molar refractivity (Wildman–Crippen MR) is 124 cm³/mol. The van der Waals surface area contributed by atoms with Crippen molar-refractivity contribution in [2.45, 2.75) is 18.6 Å². The highest BCUT2D eigenvalue weighted by Crippen LogP contribution is 2.37. The molecule has 0 amide bonds. The standard InChI is InChI=1S/C20H22FN9O4S.H2/c1-12(8-17-22-9-13(21)10-23-17)35(31,32)28-20-26-25-19(14-11-24-29(2)27-14)30(20)18-15(33-3)6-5-7-16(18)34-4;/h5-7,9-12H,8H2,1-4H3,(H,26,28);1H/t12-;/m0./s1. The van der Waals surface area contributed by atoms with Gasteiger partial charge in [0, 0.05) is 14.9 Å². The number of para-hydroxylation sites is 1. The van der Waals surface area contributed by atoms with Crippen molar-refractivity contribution in [3.8, 4) is 28.7 Å². The summed E-state index contributed by atoms with van der Waals surface area (Å²) in [7, 11) is 0.554. The maximum absolute atomic E-state index is 13.2. The van der Waals surface area contributed by atoms with E-state index in [9.17, 15) is 12.8 Å². The number of rotatable bonds is 9. The minimum absolute atomic E-state index is 0. The summed E-state index contributed by atoms with van der Waals surface area (Å²) < 4.78 is 54.4. The molecule has 0 saturated carbocycles. The highest BCUT2D eigenvalue weighted by atomic mass is 32.2. The van der Waals surface area contributed by atoms with Gasteiger partial charge in [0.25, 0.3) is 0 Å². The minimum atomic E-state index is -4.02. The number of anilines is 1. The zero-order valence-corrected chi connectivity index (χ0v) is 20.1. The zero-order valence-electron chi connectivity index (χ0n) is 19.2. The molecule has 13 nitrogen and oxygen atoms in total. The molecule has 1 aromatic carbocycles. The van der Waals surface area contributed by atoms with Crippen molar-refractivity contribution in [3.05, 3.63) is 48.4 Å². The van der Waals surface area contributed by atoms with Crippen molar-refractivity contribution in [3.63, 3.8) is 0 Å². The van der Waals surface area contributed by atoms with Crippen LogP contribution in [-0.2, 0) is 23.5 Å². The van der Waals surface area contributed by atoms with E-state index in [0.717, 1.165) is 12.4 Å². The van der Waals surface area contributed by atoms with Gasteiger partial charge in [-0.3, -0.25) is 9.29 Å². The number of aromatic nitrogens is 8. The van der Waals surface area contributed by atoms with Crippen molar-refractivity contribution >= 4 is 16.0 Å². The van der Waals surface area contributed by atoms with Gasteiger partial charge in [-0.05, 0) is 19.1 Å². The fourth-order valence-electron chi connectivity index (χ4n) is 3.27. The lowest BCUT2D eigenvalue weighted by Gasteiger charge is -2.18. The topological polar surface area (TPSA) is 152 Å². The van der Waals surface area contributed by atoms with Crippen molar-refractivity contribution in [2.24, 2.45) is 7.05 Å². The van der Waals surface area contributed by atoms with Crippen LogP contribution in [0.5, 0.6) is 11.5 Å². The molecule has 0 fully saturated rings. The lowest BCUT2D eigenvalue weighted by molar-refractivity contribution is 0.391. The summed E-state index contributed by atoms with van der Waals surface area (Å²) in [5, 5.41) is 15.6. The number of sulfonamides is 1. The monoisotopic (exact) mass is 505 g/mol. The average molecular weight is 506 g/mol. The number of hydrogen-bond donors (Lipinski definition) is 1. The largest absolute Gasteiger partial charge is 0.494 e. The normalized spacial score (nSPS) is 12.4. The number of methoxy groups -OCH3 is 2. The van der Waals surface area contributed by atoms with Crippen molar-refractivity contribution in [1.29, 1.82) is 0 Å². The first-order valence-corrected chi connectivity index (χ1v) is 11.8. The number of ether oxygens (including phenoxy) is 2. The molecule has 1 N–H and O–H groups in total. The summed E-state index contributed by atoms with van der Waals surface area (Å²) in [6.07, 6.45) is 3.37. The van der Waals surface area contributed by atoms with Gasteiger partial charge in [-0.25, -0.2) is 22.8 Å². The Hall–Kier alpha value is -4.14. The van der Waals surface area contributed by atoms with Gasteiger partial charge in [-0.15, -0.1) is 10.2 Å². The van der Waals surface area contributed by atoms with Gasteiger partial charge in [-0.1, -0.05) is 6.07 Å². The van der Waals surface area contributed by atoms with Crippen LogP contribution in [0.15, 0.2) is 36.8 Å². The molecule has 3 aromatic heterocycles. The molecule has 0 saturated heterocycles.